The molecule has 0 rings (SSSR count). The van der Waals surface area contributed by atoms with E-state index in [1.165, 1.54) is 11.4 Å². The van der Waals surface area contributed by atoms with E-state index in [2.05, 4.69) is 4.72 Å². The summed E-state index contributed by atoms with van der Waals surface area (Å²) in [6, 6.07) is -0.127. The van der Waals surface area contributed by atoms with E-state index in [1.807, 2.05) is 0 Å². The maximum absolute atomic E-state index is 11.7. The van der Waals surface area contributed by atoms with Crippen LogP contribution in [0.5, 0.6) is 0 Å². The minimum Gasteiger partial charge on any atom is -0.383 e. The molecule has 0 saturated carbocycles. The first-order chi connectivity index (χ1) is 6.94. The Balaban J connectivity index is 4.44. The van der Waals surface area contributed by atoms with Crippen LogP contribution >= 0.6 is 0 Å². The fourth-order valence-electron chi connectivity index (χ4n) is 1.06. The zero-order valence-corrected chi connectivity index (χ0v) is 10.4. The summed E-state index contributed by atoms with van der Waals surface area (Å²) >= 11 is 0. The number of nitrogens with zero attached hydrogens (tertiary/aromatic N) is 1. The van der Waals surface area contributed by atoms with E-state index in [0.29, 0.717) is 26.2 Å². The monoisotopic (exact) mass is 239 g/mol. The van der Waals surface area contributed by atoms with Crippen LogP contribution in [0.15, 0.2) is 0 Å². The number of ether oxygens (including phenoxy) is 1. The summed E-state index contributed by atoms with van der Waals surface area (Å²) in [5.41, 5.74) is 5.35. The molecule has 0 radical (unpaired) electrons. The summed E-state index contributed by atoms with van der Waals surface area (Å²) in [6.07, 6.45) is 0. The fraction of sp³-hybridized carbons (Fsp3) is 1.00. The van der Waals surface area contributed by atoms with Gasteiger partial charge in [0.15, 0.2) is 0 Å². The van der Waals surface area contributed by atoms with E-state index in [-0.39, 0.29) is 6.04 Å². The smallest absolute Gasteiger partial charge is 0.279 e. The molecule has 0 aromatic rings. The second-order valence-corrected chi connectivity index (χ2v) is 5.16. The van der Waals surface area contributed by atoms with Crippen LogP contribution < -0.4 is 10.5 Å². The standard InChI is InChI=1S/C8H21N3O3S/c1-8(2)10-15(12,13)11(5-4-9)6-7-14-3/h8,10H,4-7,9H2,1-3H3. The van der Waals surface area contributed by atoms with E-state index in [9.17, 15) is 8.42 Å². The number of hydrogen-bond donors (Lipinski definition) is 2. The van der Waals surface area contributed by atoms with Crippen molar-refractivity contribution < 1.29 is 13.2 Å². The molecular formula is C8H21N3O3S. The predicted molar refractivity (Wildman–Crippen MR) is 59.7 cm³/mol. The molecule has 6 nitrogen and oxygen atoms in total. The minimum atomic E-state index is -3.43. The van der Waals surface area contributed by atoms with E-state index in [0.717, 1.165) is 0 Å². The van der Waals surface area contributed by atoms with Crippen LogP contribution in [0.1, 0.15) is 13.8 Å². The van der Waals surface area contributed by atoms with Crippen molar-refractivity contribution in [2.75, 3.05) is 33.4 Å². The third-order valence-corrected chi connectivity index (χ3v) is 3.46. The maximum Gasteiger partial charge on any atom is 0.279 e. The molecule has 0 fully saturated rings. The number of methoxy groups -OCH3 is 1. The highest BCUT2D eigenvalue weighted by Gasteiger charge is 2.21. The zero-order chi connectivity index (χ0) is 11.9. The van der Waals surface area contributed by atoms with Gasteiger partial charge in [0.2, 0.25) is 0 Å². The molecule has 0 atom stereocenters. The molecule has 92 valence electrons. The van der Waals surface area contributed by atoms with E-state index >= 15 is 0 Å². The van der Waals surface area contributed by atoms with Crippen LogP contribution in [0, 0.1) is 0 Å². The summed E-state index contributed by atoms with van der Waals surface area (Å²) in [5.74, 6) is 0. The van der Waals surface area contributed by atoms with Gasteiger partial charge in [0, 0.05) is 32.8 Å². The summed E-state index contributed by atoms with van der Waals surface area (Å²) in [4.78, 5) is 0. The first-order valence-corrected chi connectivity index (χ1v) is 6.34. The quantitative estimate of drug-likeness (QED) is 0.577. The van der Waals surface area contributed by atoms with Crippen molar-refractivity contribution in [2.45, 2.75) is 19.9 Å². The second-order valence-electron chi connectivity index (χ2n) is 3.46. The van der Waals surface area contributed by atoms with Crippen LogP contribution in [0.25, 0.3) is 0 Å². The van der Waals surface area contributed by atoms with Crippen molar-refractivity contribution in [2.24, 2.45) is 5.73 Å². The summed E-state index contributed by atoms with van der Waals surface area (Å²) in [7, 11) is -1.90. The topological polar surface area (TPSA) is 84.7 Å². The third kappa shape index (κ3) is 6.06. The molecule has 0 amide bonds. The Labute approximate surface area is 92.0 Å². The molecule has 0 unspecified atom stereocenters. The van der Waals surface area contributed by atoms with Crippen molar-refractivity contribution in [3.63, 3.8) is 0 Å². The van der Waals surface area contributed by atoms with Gasteiger partial charge in [0.1, 0.15) is 0 Å². The Morgan fingerprint density at radius 3 is 2.40 bits per heavy atom. The van der Waals surface area contributed by atoms with Gasteiger partial charge in [-0.2, -0.15) is 17.4 Å². The average Bonchev–Trinajstić information content (AvgIpc) is 2.09. The van der Waals surface area contributed by atoms with Crippen LogP contribution in [-0.4, -0.2) is 52.1 Å². The number of hydrogen-bond acceptors (Lipinski definition) is 4. The van der Waals surface area contributed by atoms with Crippen molar-refractivity contribution in [1.82, 2.24) is 9.03 Å². The highest BCUT2D eigenvalue weighted by Crippen LogP contribution is 1.98. The molecule has 0 aliphatic carbocycles. The minimum absolute atomic E-state index is 0.127. The van der Waals surface area contributed by atoms with Gasteiger partial charge in [0.25, 0.3) is 10.2 Å². The first-order valence-electron chi connectivity index (χ1n) is 4.90. The molecule has 0 aromatic heterocycles. The SMILES string of the molecule is COCCN(CCN)S(=O)(=O)NC(C)C. The number of nitrogens with one attached hydrogen (secondary N) is 1. The molecular weight excluding hydrogens is 218 g/mol. The highest BCUT2D eigenvalue weighted by molar-refractivity contribution is 7.87. The van der Waals surface area contributed by atoms with Crippen LogP contribution in [0.2, 0.25) is 0 Å². The normalized spacial score (nSPS) is 12.7. The molecule has 3 N–H and O–H groups in total. The molecule has 7 heteroatoms. The first kappa shape index (κ1) is 14.8. The lowest BCUT2D eigenvalue weighted by Crippen LogP contribution is -2.46. The highest BCUT2D eigenvalue weighted by atomic mass is 32.2. The largest absolute Gasteiger partial charge is 0.383 e. The average molecular weight is 239 g/mol. The molecule has 0 bridgehead atoms. The summed E-state index contributed by atoms with van der Waals surface area (Å²) in [5, 5.41) is 0. The van der Waals surface area contributed by atoms with Crippen molar-refractivity contribution >= 4 is 10.2 Å². The number of rotatable bonds is 8. The molecule has 0 aliphatic heterocycles. The lowest BCUT2D eigenvalue weighted by Gasteiger charge is -2.22. The van der Waals surface area contributed by atoms with Gasteiger partial charge in [-0.3, -0.25) is 0 Å². The van der Waals surface area contributed by atoms with E-state index in [1.54, 1.807) is 13.8 Å². The molecule has 0 heterocycles. The lowest BCUT2D eigenvalue weighted by atomic mass is 10.4. The number of nitrogens with two attached hydrogens (primary N) is 1. The fourth-order valence-corrected chi connectivity index (χ4v) is 2.47. The van der Waals surface area contributed by atoms with Gasteiger partial charge in [-0.1, -0.05) is 0 Å². The molecule has 0 saturated heterocycles. The molecule has 0 aromatic carbocycles. The Hall–Kier alpha value is -0.210. The Morgan fingerprint density at radius 1 is 1.40 bits per heavy atom. The van der Waals surface area contributed by atoms with E-state index < -0.39 is 10.2 Å². The van der Waals surface area contributed by atoms with Gasteiger partial charge >= 0.3 is 0 Å². The molecule has 15 heavy (non-hydrogen) atoms. The van der Waals surface area contributed by atoms with E-state index in [4.69, 9.17) is 10.5 Å². The summed E-state index contributed by atoms with van der Waals surface area (Å²) < 4.78 is 32.1. The lowest BCUT2D eigenvalue weighted by molar-refractivity contribution is 0.179. The summed E-state index contributed by atoms with van der Waals surface area (Å²) in [6.45, 7) is 4.81. The zero-order valence-electron chi connectivity index (χ0n) is 9.56. The third-order valence-electron chi connectivity index (χ3n) is 1.65. The van der Waals surface area contributed by atoms with Gasteiger partial charge in [-0.05, 0) is 13.8 Å². The molecule has 0 spiro atoms. The Kier molecular flexibility index (Phi) is 7.03. The van der Waals surface area contributed by atoms with Gasteiger partial charge in [-0.15, -0.1) is 0 Å². The van der Waals surface area contributed by atoms with Gasteiger partial charge in [-0.25, -0.2) is 0 Å². The van der Waals surface area contributed by atoms with Crippen LogP contribution in [0.3, 0.4) is 0 Å². The van der Waals surface area contributed by atoms with Crippen molar-refractivity contribution in [3.05, 3.63) is 0 Å². The maximum atomic E-state index is 11.7. The Bertz CT molecular complexity index is 254. The van der Waals surface area contributed by atoms with Gasteiger partial charge in [0.05, 0.1) is 6.61 Å². The van der Waals surface area contributed by atoms with Crippen molar-refractivity contribution in [3.8, 4) is 0 Å². The predicted octanol–water partition coefficient (Wildman–Crippen LogP) is -0.864. The van der Waals surface area contributed by atoms with Gasteiger partial charge < -0.3 is 10.5 Å². The van der Waals surface area contributed by atoms with Crippen molar-refractivity contribution in [1.29, 1.82) is 0 Å². The van der Waals surface area contributed by atoms with Crippen LogP contribution in [-0.2, 0) is 14.9 Å². The second kappa shape index (κ2) is 7.13. The van der Waals surface area contributed by atoms with Crippen LogP contribution in [0.4, 0.5) is 0 Å². The Morgan fingerprint density at radius 2 is 2.00 bits per heavy atom. The molecule has 0 aliphatic rings.